The van der Waals surface area contributed by atoms with E-state index >= 15 is 0 Å². The Hall–Kier alpha value is -8.27. The van der Waals surface area contributed by atoms with Gasteiger partial charge in [-0.3, -0.25) is 15.0 Å². The molecule has 314 valence electrons. The van der Waals surface area contributed by atoms with Crippen LogP contribution in [0.25, 0.3) is 88.7 Å². The van der Waals surface area contributed by atoms with Gasteiger partial charge < -0.3 is 0 Å². The van der Waals surface area contributed by atoms with E-state index in [1.165, 1.54) is 54.9 Å². The number of hydrogen-bond donors (Lipinski definition) is 0. The number of pyridine rings is 3. The lowest BCUT2D eigenvalue weighted by molar-refractivity contribution is 0.923. The number of rotatable bonds is 12. The first-order valence-electron chi connectivity index (χ1n) is 22.9. The molecule has 0 aliphatic carbocycles. The number of hydrogen-bond acceptors (Lipinski definition) is 3. The van der Waals surface area contributed by atoms with Crippen LogP contribution in [0.5, 0.6) is 0 Å². The maximum atomic E-state index is 5.15. The Morgan fingerprint density at radius 2 is 0.742 bits per heavy atom. The molecule has 0 aliphatic heterocycles. The van der Waals surface area contributed by atoms with Crippen molar-refractivity contribution in [1.29, 1.82) is 0 Å². The van der Waals surface area contributed by atoms with Crippen molar-refractivity contribution in [2.45, 2.75) is 25.7 Å². The number of fused-ring (bicyclic) bond motifs is 3. The van der Waals surface area contributed by atoms with Crippen LogP contribution in [0.3, 0.4) is 0 Å². The number of nitrogens with zero attached hydrogens (tertiary/aromatic N) is 3. The molecule has 8 aromatic carbocycles. The monoisotopic (exact) mass is 845 g/mol. The van der Waals surface area contributed by atoms with Gasteiger partial charge in [-0.05, 0) is 122 Å². The highest BCUT2D eigenvalue weighted by molar-refractivity contribution is 6.09. The predicted octanol–water partition coefficient (Wildman–Crippen LogP) is 15.8. The van der Waals surface area contributed by atoms with E-state index in [1.807, 2.05) is 24.5 Å². The first-order chi connectivity index (χ1) is 32.7. The van der Waals surface area contributed by atoms with Gasteiger partial charge >= 0.3 is 0 Å². The van der Waals surface area contributed by atoms with Gasteiger partial charge in [0.15, 0.2) is 0 Å². The fraction of sp³-hybridized carbons (Fsp3) is 0.0635. The zero-order valence-electron chi connectivity index (χ0n) is 36.7. The van der Waals surface area contributed by atoms with Crippen molar-refractivity contribution in [3.63, 3.8) is 0 Å². The molecule has 0 spiro atoms. The summed E-state index contributed by atoms with van der Waals surface area (Å²) in [6.45, 7) is 0. The minimum atomic E-state index is 0.893. The maximum Gasteiger partial charge on any atom is 0.0708 e. The van der Waals surface area contributed by atoms with Gasteiger partial charge in [0.1, 0.15) is 0 Å². The van der Waals surface area contributed by atoms with Gasteiger partial charge in [-0.2, -0.15) is 0 Å². The van der Waals surface area contributed by atoms with Crippen LogP contribution in [0.2, 0.25) is 0 Å². The summed E-state index contributed by atoms with van der Waals surface area (Å²) >= 11 is 0. The normalized spacial score (nSPS) is 11.3. The summed E-state index contributed by atoms with van der Waals surface area (Å²) in [6.07, 6.45) is 9.74. The SMILES string of the molecule is c1ccc(-c2ccc(CCc3cc(CCc4ccc(-c5ccccc5)nc4)cc(-c4ccccc4-c4cnc(-c5ccccc5)cc4-c4ccc5c(ccc6ccccc65)c4)c3)cn2)cc1. The minimum absolute atomic E-state index is 0.893. The Balaban J connectivity index is 0.977. The Labute approximate surface area is 386 Å². The third-order valence-corrected chi connectivity index (χ3v) is 12.8. The van der Waals surface area contributed by atoms with Gasteiger partial charge in [0, 0.05) is 40.8 Å². The van der Waals surface area contributed by atoms with Gasteiger partial charge in [-0.1, -0.05) is 194 Å². The topological polar surface area (TPSA) is 38.7 Å². The molecule has 0 amide bonds. The van der Waals surface area contributed by atoms with E-state index in [0.29, 0.717) is 0 Å². The van der Waals surface area contributed by atoms with E-state index in [1.54, 1.807) is 0 Å². The molecule has 66 heavy (non-hydrogen) atoms. The van der Waals surface area contributed by atoms with Crippen molar-refractivity contribution in [1.82, 2.24) is 15.0 Å². The van der Waals surface area contributed by atoms with Crippen LogP contribution in [0, 0.1) is 0 Å². The van der Waals surface area contributed by atoms with Crippen molar-refractivity contribution in [3.8, 4) is 67.2 Å². The largest absolute Gasteiger partial charge is 0.256 e. The minimum Gasteiger partial charge on any atom is -0.256 e. The van der Waals surface area contributed by atoms with Crippen molar-refractivity contribution in [2.24, 2.45) is 0 Å². The van der Waals surface area contributed by atoms with Crippen molar-refractivity contribution < 1.29 is 0 Å². The average Bonchev–Trinajstić information content (AvgIpc) is 3.40. The van der Waals surface area contributed by atoms with Crippen LogP contribution < -0.4 is 0 Å². The van der Waals surface area contributed by atoms with Crippen molar-refractivity contribution in [2.75, 3.05) is 0 Å². The van der Waals surface area contributed by atoms with E-state index in [9.17, 15) is 0 Å². The van der Waals surface area contributed by atoms with Crippen molar-refractivity contribution in [3.05, 3.63) is 259 Å². The predicted molar refractivity (Wildman–Crippen MR) is 275 cm³/mol. The molecule has 0 aliphatic rings. The number of aryl methyl sites for hydroxylation is 4. The molecule has 0 saturated heterocycles. The molecule has 0 unspecified atom stereocenters. The molecule has 3 aromatic heterocycles. The lowest BCUT2D eigenvalue weighted by Crippen LogP contribution is -1.99. The van der Waals surface area contributed by atoms with Crippen LogP contribution in [-0.4, -0.2) is 15.0 Å². The van der Waals surface area contributed by atoms with Gasteiger partial charge in [-0.25, -0.2) is 0 Å². The summed E-state index contributed by atoms with van der Waals surface area (Å²) in [7, 11) is 0. The fourth-order valence-corrected chi connectivity index (χ4v) is 9.31. The van der Waals surface area contributed by atoms with Crippen LogP contribution in [0.4, 0.5) is 0 Å². The molecule has 3 heteroatoms. The van der Waals surface area contributed by atoms with Crippen LogP contribution in [-0.2, 0) is 25.7 Å². The zero-order valence-corrected chi connectivity index (χ0v) is 36.7. The van der Waals surface area contributed by atoms with Crippen LogP contribution >= 0.6 is 0 Å². The Kier molecular flexibility index (Phi) is 11.3. The molecule has 0 N–H and O–H groups in total. The van der Waals surface area contributed by atoms with Crippen LogP contribution in [0.15, 0.2) is 237 Å². The van der Waals surface area contributed by atoms with E-state index < -0.39 is 0 Å². The smallest absolute Gasteiger partial charge is 0.0708 e. The van der Waals surface area contributed by atoms with Gasteiger partial charge in [0.25, 0.3) is 0 Å². The summed E-state index contributed by atoms with van der Waals surface area (Å²) in [5, 5.41) is 4.99. The van der Waals surface area contributed by atoms with E-state index in [0.717, 1.165) is 81.7 Å². The molecule has 0 fully saturated rings. The van der Waals surface area contributed by atoms with Gasteiger partial charge in [0.2, 0.25) is 0 Å². The number of benzene rings is 8. The van der Waals surface area contributed by atoms with Crippen molar-refractivity contribution >= 4 is 21.5 Å². The molecule has 0 bridgehead atoms. The summed E-state index contributed by atoms with van der Waals surface area (Å²) in [5.41, 5.74) is 18.3. The van der Waals surface area contributed by atoms with E-state index in [-0.39, 0.29) is 0 Å². The molecule has 11 aromatic rings. The molecule has 0 saturated carbocycles. The second kappa shape index (κ2) is 18.4. The summed E-state index contributed by atoms with van der Waals surface area (Å²) in [6, 6.07) is 78.4. The standard InChI is InChI=1S/C63H47N3/c1-4-15-49(16-5-1)61-34-28-44(41-64-61)24-26-46-36-47(27-25-45-29-35-62(65-42-45)50-17-6-2-7-18-50)38-54(37-46)56-22-12-13-23-58(56)60-43-66-63(51-19-8-3-9-20-51)40-59(60)53-32-33-57-52(39-53)31-30-48-14-10-11-21-55(48)57/h1-23,28-43H,24-27H2. The molecular weight excluding hydrogens is 799 g/mol. The quantitative estimate of drug-likeness (QED) is 0.115. The third kappa shape index (κ3) is 8.67. The lowest BCUT2D eigenvalue weighted by atomic mass is 9.87. The lowest BCUT2D eigenvalue weighted by Gasteiger charge is -2.18. The Morgan fingerprint density at radius 1 is 0.242 bits per heavy atom. The summed E-state index contributed by atoms with van der Waals surface area (Å²) < 4.78 is 0. The van der Waals surface area contributed by atoms with E-state index in [4.69, 9.17) is 15.0 Å². The third-order valence-electron chi connectivity index (χ3n) is 12.8. The summed E-state index contributed by atoms with van der Waals surface area (Å²) in [4.78, 5) is 14.9. The first-order valence-corrected chi connectivity index (χ1v) is 22.9. The summed E-state index contributed by atoms with van der Waals surface area (Å²) in [5.74, 6) is 0. The second-order valence-corrected chi connectivity index (χ2v) is 17.1. The Bertz CT molecular complexity index is 3330. The highest BCUT2D eigenvalue weighted by Crippen LogP contribution is 2.41. The molecule has 11 rings (SSSR count). The number of aromatic nitrogens is 3. The van der Waals surface area contributed by atoms with Gasteiger partial charge in [-0.15, -0.1) is 0 Å². The fourth-order valence-electron chi connectivity index (χ4n) is 9.31. The molecule has 0 radical (unpaired) electrons. The highest BCUT2D eigenvalue weighted by Gasteiger charge is 2.17. The highest BCUT2D eigenvalue weighted by atomic mass is 14.7. The molecule has 0 atom stereocenters. The first kappa shape index (κ1) is 40.5. The average molecular weight is 846 g/mol. The maximum absolute atomic E-state index is 5.15. The van der Waals surface area contributed by atoms with E-state index in [2.05, 4.69) is 212 Å². The second-order valence-electron chi connectivity index (χ2n) is 17.1. The van der Waals surface area contributed by atoms with Gasteiger partial charge in [0.05, 0.1) is 17.1 Å². The molecule has 3 nitrogen and oxygen atoms in total. The zero-order chi connectivity index (χ0) is 44.1. The van der Waals surface area contributed by atoms with Crippen LogP contribution in [0.1, 0.15) is 22.3 Å². The Morgan fingerprint density at radius 3 is 1.35 bits per heavy atom. The molecular formula is C63H47N3. The molecule has 3 heterocycles.